The zero-order valence-electron chi connectivity index (χ0n) is 13.4. The molecule has 0 aliphatic heterocycles. The fourth-order valence-electron chi connectivity index (χ4n) is 2.89. The number of hydrogen-bond donors (Lipinski definition) is 0. The van der Waals surface area contributed by atoms with Crippen LogP contribution in [0.1, 0.15) is 17.2 Å². The molecule has 4 rings (SSSR count). The summed E-state index contributed by atoms with van der Waals surface area (Å²) in [5, 5.41) is 4.47. The van der Waals surface area contributed by atoms with Crippen LogP contribution in [0, 0.1) is 0 Å². The average Bonchev–Trinajstić information content (AvgIpc) is 3.06. The first-order chi connectivity index (χ1) is 12.3. The third-order valence-electron chi connectivity index (χ3n) is 4.07. The molecule has 4 nitrogen and oxygen atoms in total. The van der Waals surface area contributed by atoms with Gasteiger partial charge in [-0.25, -0.2) is 4.79 Å². The Labute approximate surface area is 145 Å². The van der Waals surface area contributed by atoms with Crippen LogP contribution in [0.15, 0.2) is 100 Å². The van der Waals surface area contributed by atoms with E-state index in [1.165, 1.54) is 4.68 Å². The minimum absolute atomic E-state index is 0.322. The molecule has 0 radical (unpaired) electrons. The normalized spacial score (nSPS) is 10.9. The molecule has 1 aromatic heterocycles. The highest BCUT2D eigenvalue weighted by Gasteiger charge is 2.22. The standard InChI is InChI=1S/C21H16N2O2/c24-21-23(22-20(25-21)18-14-8-3-9-15-18)19(16-10-4-1-5-11-16)17-12-6-2-7-13-17/h1-15,19H. The van der Waals surface area contributed by atoms with Crippen LogP contribution in [-0.2, 0) is 0 Å². The Morgan fingerprint density at radius 1 is 0.720 bits per heavy atom. The summed E-state index contributed by atoms with van der Waals surface area (Å²) in [6, 6.07) is 28.8. The summed E-state index contributed by atoms with van der Waals surface area (Å²) in [5.41, 5.74) is 2.73. The Morgan fingerprint density at radius 2 is 1.20 bits per heavy atom. The van der Waals surface area contributed by atoms with Gasteiger partial charge in [-0.2, -0.15) is 4.68 Å². The summed E-state index contributed by atoms with van der Waals surface area (Å²) in [6.45, 7) is 0. The number of nitrogens with zero attached hydrogens (tertiary/aromatic N) is 2. The van der Waals surface area contributed by atoms with Crippen molar-refractivity contribution < 1.29 is 4.42 Å². The van der Waals surface area contributed by atoms with E-state index in [4.69, 9.17) is 4.42 Å². The minimum atomic E-state index is -0.475. The molecule has 122 valence electrons. The van der Waals surface area contributed by atoms with Crippen molar-refractivity contribution in [3.63, 3.8) is 0 Å². The van der Waals surface area contributed by atoms with E-state index in [0.29, 0.717) is 5.89 Å². The minimum Gasteiger partial charge on any atom is -0.388 e. The number of benzene rings is 3. The Balaban J connectivity index is 1.87. The van der Waals surface area contributed by atoms with Gasteiger partial charge in [0.05, 0.1) is 0 Å². The molecular weight excluding hydrogens is 312 g/mol. The second-order valence-electron chi connectivity index (χ2n) is 5.71. The summed E-state index contributed by atoms with van der Waals surface area (Å²) in [4.78, 5) is 12.5. The molecule has 4 aromatic rings. The molecule has 4 heteroatoms. The van der Waals surface area contributed by atoms with Crippen LogP contribution in [0.25, 0.3) is 11.5 Å². The van der Waals surface area contributed by atoms with E-state index in [0.717, 1.165) is 16.7 Å². The second-order valence-corrected chi connectivity index (χ2v) is 5.71. The van der Waals surface area contributed by atoms with Gasteiger partial charge < -0.3 is 4.42 Å². The fourth-order valence-corrected chi connectivity index (χ4v) is 2.89. The Hall–Kier alpha value is -3.40. The van der Waals surface area contributed by atoms with E-state index in [9.17, 15) is 4.79 Å². The topological polar surface area (TPSA) is 48.0 Å². The van der Waals surface area contributed by atoms with Crippen LogP contribution in [0.3, 0.4) is 0 Å². The fraction of sp³-hybridized carbons (Fsp3) is 0.0476. The van der Waals surface area contributed by atoms with Gasteiger partial charge in [-0.05, 0) is 23.3 Å². The van der Waals surface area contributed by atoms with Gasteiger partial charge in [0.25, 0.3) is 0 Å². The molecule has 0 fully saturated rings. The molecule has 0 N–H and O–H groups in total. The average molecular weight is 328 g/mol. The molecule has 0 spiro atoms. The van der Waals surface area contributed by atoms with Crippen molar-refractivity contribution in [1.29, 1.82) is 0 Å². The summed E-state index contributed by atoms with van der Waals surface area (Å²) in [6.07, 6.45) is 0. The van der Waals surface area contributed by atoms with Crippen molar-refractivity contribution in [1.82, 2.24) is 9.78 Å². The van der Waals surface area contributed by atoms with Gasteiger partial charge in [0.2, 0.25) is 5.89 Å². The van der Waals surface area contributed by atoms with Gasteiger partial charge >= 0.3 is 5.76 Å². The zero-order chi connectivity index (χ0) is 17.1. The SMILES string of the molecule is O=c1oc(-c2ccccc2)nn1C(c1ccccc1)c1ccccc1. The predicted octanol–water partition coefficient (Wildman–Crippen LogP) is 4.14. The summed E-state index contributed by atoms with van der Waals surface area (Å²) in [5.74, 6) is -0.154. The molecule has 3 aromatic carbocycles. The van der Waals surface area contributed by atoms with Crippen molar-refractivity contribution >= 4 is 0 Å². The van der Waals surface area contributed by atoms with Crippen molar-refractivity contribution in [2.75, 3.05) is 0 Å². The third-order valence-corrected chi connectivity index (χ3v) is 4.07. The quantitative estimate of drug-likeness (QED) is 0.565. The Morgan fingerprint density at radius 3 is 1.72 bits per heavy atom. The number of aromatic nitrogens is 2. The van der Waals surface area contributed by atoms with E-state index < -0.39 is 5.76 Å². The predicted molar refractivity (Wildman–Crippen MR) is 96.3 cm³/mol. The van der Waals surface area contributed by atoms with Crippen LogP contribution >= 0.6 is 0 Å². The monoisotopic (exact) mass is 328 g/mol. The Bertz CT molecular complexity index is 966. The number of rotatable bonds is 4. The van der Waals surface area contributed by atoms with Crippen molar-refractivity contribution in [3.05, 3.63) is 113 Å². The van der Waals surface area contributed by atoms with Crippen LogP contribution in [-0.4, -0.2) is 9.78 Å². The van der Waals surface area contributed by atoms with Gasteiger partial charge in [0.1, 0.15) is 6.04 Å². The summed E-state index contributed by atoms with van der Waals surface area (Å²) in [7, 11) is 0. The number of hydrogen-bond acceptors (Lipinski definition) is 3. The lowest BCUT2D eigenvalue weighted by Gasteiger charge is -2.16. The molecule has 0 amide bonds. The van der Waals surface area contributed by atoms with Gasteiger partial charge in [-0.3, -0.25) is 0 Å². The third kappa shape index (κ3) is 3.02. The second kappa shape index (κ2) is 6.61. The van der Waals surface area contributed by atoms with Crippen LogP contribution in [0.5, 0.6) is 0 Å². The molecule has 0 bridgehead atoms. The van der Waals surface area contributed by atoms with Crippen molar-refractivity contribution in [3.8, 4) is 11.5 Å². The molecule has 0 aliphatic carbocycles. The highest BCUT2D eigenvalue weighted by molar-refractivity contribution is 5.51. The van der Waals surface area contributed by atoms with Gasteiger partial charge in [-0.1, -0.05) is 78.9 Å². The lowest BCUT2D eigenvalue weighted by atomic mass is 9.99. The van der Waals surface area contributed by atoms with Crippen molar-refractivity contribution in [2.45, 2.75) is 6.04 Å². The van der Waals surface area contributed by atoms with E-state index in [1.54, 1.807) is 0 Å². The van der Waals surface area contributed by atoms with Crippen molar-refractivity contribution in [2.24, 2.45) is 0 Å². The molecule has 1 heterocycles. The van der Waals surface area contributed by atoms with Crippen LogP contribution < -0.4 is 5.76 Å². The van der Waals surface area contributed by atoms with Crippen LogP contribution in [0.2, 0.25) is 0 Å². The molecule has 0 saturated carbocycles. The van der Waals surface area contributed by atoms with Gasteiger partial charge in [0, 0.05) is 5.56 Å². The largest absolute Gasteiger partial charge is 0.438 e. The maximum Gasteiger partial charge on any atom is 0.438 e. The first-order valence-electron chi connectivity index (χ1n) is 8.08. The first kappa shape index (κ1) is 15.1. The summed E-state index contributed by atoms with van der Waals surface area (Å²) < 4.78 is 6.83. The smallest absolute Gasteiger partial charge is 0.388 e. The molecule has 0 atom stereocenters. The van der Waals surface area contributed by atoms with E-state index >= 15 is 0 Å². The van der Waals surface area contributed by atoms with E-state index in [1.807, 2.05) is 91.0 Å². The summed E-state index contributed by atoms with van der Waals surface area (Å²) >= 11 is 0. The molecule has 0 aliphatic rings. The van der Waals surface area contributed by atoms with E-state index in [-0.39, 0.29) is 6.04 Å². The first-order valence-corrected chi connectivity index (χ1v) is 8.08. The van der Waals surface area contributed by atoms with Gasteiger partial charge in [-0.15, -0.1) is 5.10 Å². The highest BCUT2D eigenvalue weighted by atomic mass is 16.4. The molecular formula is C21H16N2O2. The van der Waals surface area contributed by atoms with Gasteiger partial charge in [0.15, 0.2) is 0 Å². The van der Waals surface area contributed by atoms with Crippen LogP contribution in [0.4, 0.5) is 0 Å². The lowest BCUT2D eigenvalue weighted by molar-refractivity contribution is 0.474. The molecule has 25 heavy (non-hydrogen) atoms. The lowest BCUT2D eigenvalue weighted by Crippen LogP contribution is -2.24. The van der Waals surface area contributed by atoms with E-state index in [2.05, 4.69) is 5.10 Å². The molecule has 0 saturated heterocycles. The highest BCUT2D eigenvalue weighted by Crippen LogP contribution is 2.26. The maximum atomic E-state index is 12.5. The zero-order valence-corrected chi connectivity index (χ0v) is 13.4. The maximum absolute atomic E-state index is 12.5. The molecule has 0 unspecified atom stereocenters. The Kier molecular flexibility index (Phi) is 4.01.